The van der Waals surface area contributed by atoms with E-state index in [4.69, 9.17) is 11.6 Å². The number of aromatic nitrogens is 2. The van der Waals surface area contributed by atoms with E-state index in [2.05, 4.69) is 15.4 Å². The molecule has 0 saturated carbocycles. The maximum atomic E-state index is 9.83. The first-order chi connectivity index (χ1) is 8.24. The number of benzene rings is 1. The molecular weight excluding hydrogens is 242 g/mol. The zero-order chi connectivity index (χ0) is 11.8. The molecule has 86 valence electrons. The molecule has 2 aromatic rings. The van der Waals surface area contributed by atoms with Crippen LogP contribution in [0.4, 0.5) is 11.4 Å². The highest BCUT2D eigenvalue weighted by Gasteiger charge is 2.18. The van der Waals surface area contributed by atoms with Crippen LogP contribution in [0.15, 0.2) is 41.9 Å². The molecule has 0 saturated heterocycles. The zero-order valence-corrected chi connectivity index (χ0v) is 9.33. The summed E-state index contributed by atoms with van der Waals surface area (Å²) in [6.07, 6.45) is 4.89. The number of nitrogens with one attached hydrogen (secondary N) is 1. The van der Waals surface area contributed by atoms with Gasteiger partial charge in [0.25, 0.3) is 0 Å². The standard InChI is InChI=1S/C10H8ClN5O/c11-7-1-2-8-9(5-7)16(17)14-10(13-8)15-4-3-12-6-15/h1-6,16-17H. The van der Waals surface area contributed by atoms with E-state index in [0.29, 0.717) is 22.4 Å². The smallest absolute Gasteiger partial charge is 0.191 e. The summed E-state index contributed by atoms with van der Waals surface area (Å²) in [5.74, 6) is 0.370. The van der Waals surface area contributed by atoms with E-state index in [1.807, 2.05) is 0 Å². The monoisotopic (exact) mass is 249 g/mol. The number of hydrogen-bond acceptors (Lipinski definition) is 3. The first kappa shape index (κ1) is 10.3. The number of halogens is 1. The maximum Gasteiger partial charge on any atom is 0.191 e. The molecule has 1 aliphatic heterocycles. The van der Waals surface area contributed by atoms with Crippen LogP contribution in [-0.2, 0) is 0 Å². The Balaban J connectivity index is 2.09. The molecule has 2 heterocycles. The number of fused-ring (bicyclic) bond motifs is 1. The van der Waals surface area contributed by atoms with Gasteiger partial charge < -0.3 is 9.56 Å². The lowest BCUT2D eigenvalue weighted by Gasteiger charge is -2.25. The minimum Gasteiger partial charge on any atom is -0.360 e. The van der Waals surface area contributed by atoms with Crippen LogP contribution in [0.25, 0.3) is 5.43 Å². The molecule has 17 heavy (non-hydrogen) atoms. The van der Waals surface area contributed by atoms with Crippen LogP contribution < -0.4 is 5.17 Å². The van der Waals surface area contributed by atoms with E-state index in [1.165, 1.54) is 0 Å². The molecule has 0 spiro atoms. The Morgan fingerprint density at radius 2 is 2.29 bits per heavy atom. The third-order valence-electron chi connectivity index (χ3n) is 2.36. The normalized spacial score (nSPS) is 18.2. The summed E-state index contributed by atoms with van der Waals surface area (Å²) in [6, 6.07) is 5.08. The fourth-order valence-electron chi connectivity index (χ4n) is 1.57. The van der Waals surface area contributed by atoms with Crippen molar-refractivity contribution in [3.8, 4) is 0 Å². The van der Waals surface area contributed by atoms with Crippen molar-refractivity contribution in [1.29, 1.82) is 0 Å². The molecule has 1 atom stereocenters. The molecule has 2 N–H and O–H groups in total. The van der Waals surface area contributed by atoms with E-state index >= 15 is 0 Å². The zero-order valence-electron chi connectivity index (χ0n) is 8.58. The molecule has 0 radical (unpaired) electrons. The molecule has 0 amide bonds. The van der Waals surface area contributed by atoms with Crippen molar-refractivity contribution in [1.82, 2.24) is 9.55 Å². The Bertz CT molecular complexity index is 580. The summed E-state index contributed by atoms with van der Waals surface area (Å²) in [5.41, 5.74) is 5.15. The second-order valence-electron chi connectivity index (χ2n) is 3.48. The second kappa shape index (κ2) is 3.85. The van der Waals surface area contributed by atoms with Crippen molar-refractivity contribution in [3.05, 3.63) is 47.4 Å². The average molecular weight is 250 g/mol. The molecule has 0 fully saturated rings. The van der Waals surface area contributed by atoms with Gasteiger partial charge in [0.05, 0.1) is 11.6 Å². The van der Waals surface area contributed by atoms with Gasteiger partial charge >= 0.3 is 0 Å². The van der Waals surface area contributed by atoms with Gasteiger partial charge in [0.15, 0.2) is 5.69 Å². The first-order valence-corrected chi connectivity index (χ1v) is 5.26. The third-order valence-corrected chi connectivity index (χ3v) is 2.60. The molecule has 1 unspecified atom stereocenters. The minimum absolute atomic E-state index is 0.0961. The van der Waals surface area contributed by atoms with E-state index in [9.17, 15) is 5.21 Å². The third kappa shape index (κ3) is 1.78. The van der Waals surface area contributed by atoms with Gasteiger partial charge in [0.1, 0.15) is 0 Å². The molecule has 1 aromatic carbocycles. The molecule has 7 heteroatoms. The van der Waals surface area contributed by atoms with E-state index < -0.39 is 0 Å². The van der Waals surface area contributed by atoms with Crippen molar-refractivity contribution in [2.75, 3.05) is 0 Å². The topological polar surface area (TPSA) is 69.0 Å². The predicted molar refractivity (Wildman–Crippen MR) is 61.9 cm³/mol. The van der Waals surface area contributed by atoms with Gasteiger partial charge in [-0.3, -0.25) is 4.98 Å². The van der Waals surface area contributed by atoms with Gasteiger partial charge in [0.2, 0.25) is 0 Å². The Hall–Kier alpha value is -1.89. The van der Waals surface area contributed by atoms with Crippen LogP contribution in [0.3, 0.4) is 0 Å². The van der Waals surface area contributed by atoms with Gasteiger partial charge in [-0.15, -0.1) is 0 Å². The lowest BCUT2D eigenvalue weighted by atomic mass is 10.2. The molecule has 1 aliphatic rings. The van der Waals surface area contributed by atoms with Crippen molar-refractivity contribution >= 4 is 28.9 Å². The quantitative estimate of drug-likeness (QED) is 0.739. The summed E-state index contributed by atoms with van der Waals surface area (Å²) in [4.78, 5) is 8.22. The SMILES string of the molecule is O[NH+]1[N-]C(n2ccnc2)=Nc2ccc(Cl)cc21. The Kier molecular flexibility index (Phi) is 2.32. The van der Waals surface area contributed by atoms with Crippen molar-refractivity contribution in [2.24, 2.45) is 4.99 Å². The molecular formula is C10H8ClN5O. The second-order valence-corrected chi connectivity index (χ2v) is 3.92. The predicted octanol–water partition coefficient (Wildman–Crippen LogP) is 1.28. The van der Waals surface area contributed by atoms with E-state index in [0.717, 1.165) is 0 Å². The van der Waals surface area contributed by atoms with Crippen molar-refractivity contribution < 1.29 is 10.4 Å². The minimum atomic E-state index is -0.0961. The highest BCUT2D eigenvalue weighted by atomic mass is 35.5. The number of hydrogen-bond donors (Lipinski definition) is 2. The summed E-state index contributed by atoms with van der Waals surface area (Å²) >= 11 is 5.85. The Morgan fingerprint density at radius 1 is 1.41 bits per heavy atom. The maximum absolute atomic E-state index is 9.83. The summed E-state index contributed by atoms with van der Waals surface area (Å²) < 4.78 is 1.62. The van der Waals surface area contributed by atoms with Gasteiger partial charge in [-0.2, -0.15) is 10.6 Å². The van der Waals surface area contributed by atoms with E-state index in [-0.39, 0.29) is 5.17 Å². The highest BCUT2D eigenvalue weighted by Crippen LogP contribution is 2.28. The highest BCUT2D eigenvalue weighted by molar-refractivity contribution is 6.31. The van der Waals surface area contributed by atoms with Crippen LogP contribution in [0.5, 0.6) is 0 Å². The lowest BCUT2D eigenvalue weighted by Crippen LogP contribution is -3.01. The van der Waals surface area contributed by atoms with Crippen LogP contribution in [0.2, 0.25) is 5.02 Å². The molecule has 3 rings (SSSR count). The van der Waals surface area contributed by atoms with Crippen LogP contribution >= 0.6 is 11.6 Å². The fraction of sp³-hybridized carbons (Fsp3) is 0. The molecule has 0 bridgehead atoms. The summed E-state index contributed by atoms with van der Waals surface area (Å²) in [6.45, 7) is 0. The van der Waals surface area contributed by atoms with Gasteiger partial charge in [-0.25, -0.2) is 0 Å². The van der Waals surface area contributed by atoms with Gasteiger partial charge in [0, 0.05) is 23.6 Å². The number of imidazole rings is 1. The average Bonchev–Trinajstić information content (AvgIpc) is 2.83. The summed E-state index contributed by atoms with van der Waals surface area (Å²) in [7, 11) is 0. The fourth-order valence-corrected chi connectivity index (χ4v) is 1.74. The van der Waals surface area contributed by atoms with Crippen LogP contribution in [0, 0.1) is 0 Å². The number of nitrogens with zero attached hydrogens (tertiary/aromatic N) is 4. The van der Waals surface area contributed by atoms with Crippen LogP contribution in [0.1, 0.15) is 0 Å². The Morgan fingerprint density at radius 3 is 3.06 bits per heavy atom. The first-order valence-electron chi connectivity index (χ1n) is 4.88. The summed E-state index contributed by atoms with van der Waals surface area (Å²) in [5, 5.41) is 10.3. The molecule has 1 aromatic heterocycles. The number of quaternary nitrogens is 1. The lowest BCUT2D eigenvalue weighted by molar-refractivity contribution is -0.998. The van der Waals surface area contributed by atoms with E-state index in [1.54, 1.807) is 41.5 Å². The van der Waals surface area contributed by atoms with Crippen LogP contribution in [-0.4, -0.2) is 20.7 Å². The van der Waals surface area contributed by atoms with Gasteiger partial charge in [-0.1, -0.05) is 16.8 Å². The van der Waals surface area contributed by atoms with Crippen molar-refractivity contribution in [2.45, 2.75) is 0 Å². The molecule has 6 nitrogen and oxygen atoms in total. The number of rotatable bonds is 0. The van der Waals surface area contributed by atoms with Gasteiger partial charge in [-0.05, 0) is 18.3 Å². The largest absolute Gasteiger partial charge is 0.360 e. The Labute approximate surface area is 102 Å². The molecule has 0 aliphatic carbocycles. The number of aliphatic imine (C=N–C) groups is 1. The van der Waals surface area contributed by atoms with Crippen molar-refractivity contribution in [3.63, 3.8) is 0 Å².